The van der Waals surface area contributed by atoms with Gasteiger partial charge in [-0.2, -0.15) is 0 Å². The fourth-order valence-corrected chi connectivity index (χ4v) is 2.24. The summed E-state index contributed by atoms with van der Waals surface area (Å²) in [5.41, 5.74) is 1.64. The molecular weight excluding hydrogens is 191 g/mol. The maximum atomic E-state index is 13.5. The van der Waals surface area contributed by atoms with Gasteiger partial charge in [0.15, 0.2) is 0 Å². The first-order valence-electron chi connectivity index (χ1n) is 5.36. The average Bonchev–Trinajstić information content (AvgIpc) is 2.16. The largest absolute Gasteiger partial charge is 0.379 e. The third kappa shape index (κ3) is 1.56. The first-order valence-corrected chi connectivity index (χ1v) is 5.36. The Hall–Kier alpha value is -1.25. The Labute approximate surface area is 90.1 Å². The number of fused-ring (bicyclic) bond motifs is 1. The number of benzene rings is 1. The molecule has 0 bridgehead atoms. The van der Waals surface area contributed by atoms with E-state index >= 15 is 0 Å². The van der Waals surface area contributed by atoms with E-state index in [1.807, 2.05) is 6.07 Å². The maximum Gasteiger partial charge on any atom is 0.148 e. The molecule has 0 unspecified atom stereocenters. The molecular formula is C12H17FN2. The highest BCUT2D eigenvalue weighted by Gasteiger charge is 2.32. The van der Waals surface area contributed by atoms with Crippen molar-refractivity contribution in [3.63, 3.8) is 0 Å². The van der Waals surface area contributed by atoms with Crippen molar-refractivity contribution in [2.75, 3.05) is 23.3 Å². The number of nitrogens with one attached hydrogen (secondary N) is 1. The summed E-state index contributed by atoms with van der Waals surface area (Å²) in [5.74, 6) is -0.165. The Morgan fingerprint density at radius 1 is 1.47 bits per heavy atom. The summed E-state index contributed by atoms with van der Waals surface area (Å²) in [6, 6.07) is 5.23. The number of likely N-dealkylation sites (N-methyl/N-ethyl adjacent to an activating group) is 1. The van der Waals surface area contributed by atoms with Crippen molar-refractivity contribution in [2.45, 2.75) is 26.3 Å². The lowest BCUT2D eigenvalue weighted by Crippen LogP contribution is -2.52. The fourth-order valence-electron chi connectivity index (χ4n) is 2.24. The highest BCUT2D eigenvalue weighted by molar-refractivity contribution is 5.74. The van der Waals surface area contributed by atoms with Gasteiger partial charge in [0.2, 0.25) is 0 Å². The molecule has 1 aliphatic heterocycles. The van der Waals surface area contributed by atoms with Crippen LogP contribution in [0.5, 0.6) is 0 Å². The van der Waals surface area contributed by atoms with Crippen molar-refractivity contribution in [3.05, 3.63) is 24.0 Å². The molecule has 0 aliphatic carbocycles. The summed E-state index contributed by atoms with van der Waals surface area (Å²) in [6.07, 6.45) is 0. The summed E-state index contributed by atoms with van der Waals surface area (Å²) in [7, 11) is 0. The third-order valence-electron chi connectivity index (χ3n) is 3.03. The van der Waals surface area contributed by atoms with Gasteiger partial charge < -0.3 is 10.2 Å². The van der Waals surface area contributed by atoms with Crippen molar-refractivity contribution in [1.82, 2.24) is 0 Å². The lowest BCUT2D eigenvalue weighted by molar-refractivity contribution is 0.476. The molecule has 1 aromatic carbocycles. The number of rotatable bonds is 1. The topological polar surface area (TPSA) is 15.3 Å². The van der Waals surface area contributed by atoms with E-state index < -0.39 is 0 Å². The molecule has 0 saturated carbocycles. The van der Waals surface area contributed by atoms with E-state index in [1.165, 1.54) is 6.07 Å². The second kappa shape index (κ2) is 3.40. The maximum absolute atomic E-state index is 13.5. The summed E-state index contributed by atoms with van der Waals surface area (Å²) in [6.45, 7) is 8.09. The Kier molecular flexibility index (Phi) is 2.33. The first-order chi connectivity index (χ1) is 7.06. The van der Waals surface area contributed by atoms with Crippen LogP contribution in [0.3, 0.4) is 0 Å². The molecule has 82 valence electrons. The minimum atomic E-state index is -0.165. The van der Waals surface area contributed by atoms with Crippen molar-refractivity contribution in [3.8, 4) is 0 Å². The molecule has 2 rings (SSSR count). The minimum absolute atomic E-state index is 0.0372. The molecule has 0 amide bonds. The first kappa shape index (κ1) is 10.3. The van der Waals surface area contributed by atoms with E-state index in [0.29, 0.717) is 5.69 Å². The zero-order valence-electron chi connectivity index (χ0n) is 9.47. The van der Waals surface area contributed by atoms with Crippen LogP contribution in [0.2, 0.25) is 0 Å². The third-order valence-corrected chi connectivity index (χ3v) is 3.03. The zero-order chi connectivity index (χ0) is 11.1. The van der Waals surface area contributed by atoms with E-state index in [2.05, 4.69) is 31.0 Å². The van der Waals surface area contributed by atoms with Crippen LogP contribution in [0.25, 0.3) is 0 Å². The van der Waals surface area contributed by atoms with E-state index in [-0.39, 0.29) is 11.4 Å². The molecule has 1 aliphatic rings. The van der Waals surface area contributed by atoms with Crippen LogP contribution >= 0.6 is 0 Å². The van der Waals surface area contributed by atoms with E-state index in [0.717, 1.165) is 18.8 Å². The SMILES string of the molecule is CCN1c2cccc(F)c2NCC1(C)C. The van der Waals surface area contributed by atoms with Gasteiger partial charge in [-0.25, -0.2) is 4.39 Å². The molecule has 0 atom stereocenters. The van der Waals surface area contributed by atoms with Crippen LogP contribution in [-0.2, 0) is 0 Å². The van der Waals surface area contributed by atoms with Gasteiger partial charge in [-0.3, -0.25) is 0 Å². The predicted octanol–water partition coefficient (Wildman–Crippen LogP) is 2.86. The van der Waals surface area contributed by atoms with Crippen LogP contribution in [0.4, 0.5) is 15.8 Å². The van der Waals surface area contributed by atoms with E-state index in [4.69, 9.17) is 0 Å². The molecule has 0 fully saturated rings. The Bertz CT molecular complexity index is 374. The highest BCUT2D eigenvalue weighted by atomic mass is 19.1. The number of halogens is 1. The quantitative estimate of drug-likeness (QED) is 0.763. The van der Waals surface area contributed by atoms with Gasteiger partial charge in [-0.1, -0.05) is 6.07 Å². The molecule has 0 spiro atoms. The monoisotopic (exact) mass is 208 g/mol. The molecule has 3 heteroatoms. The normalized spacial score (nSPS) is 18.3. The van der Waals surface area contributed by atoms with Crippen molar-refractivity contribution < 1.29 is 4.39 Å². The lowest BCUT2D eigenvalue weighted by Gasteiger charge is -2.45. The number of hydrogen-bond donors (Lipinski definition) is 1. The summed E-state index contributed by atoms with van der Waals surface area (Å²) < 4.78 is 13.5. The highest BCUT2D eigenvalue weighted by Crippen LogP contribution is 2.37. The van der Waals surface area contributed by atoms with E-state index in [1.54, 1.807) is 6.07 Å². The summed E-state index contributed by atoms with van der Waals surface area (Å²) >= 11 is 0. The van der Waals surface area contributed by atoms with Gasteiger partial charge in [-0.15, -0.1) is 0 Å². The van der Waals surface area contributed by atoms with Gasteiger partial charge in [0.05, 0.1) is 16.9 Å². The molecule has 15 heavy (non-hydrogen) atoms. The number of hydrogen-bond acceptors (Lipinski definition) is 2. The average molecular weight is 208 g/mol. The second-order valence-corrected chi connectivity index (χ2v) is 4.54. The lowest BCUT2D eigenvalue weighted by atomic mass is 9.97. The smallest absolute Gasteiger partial charge is 0.148 e. The Morgan fingerprint density at radius 2 is 2.20 bits per heavy atom. The molecule has 1 aromatic rings. The molecule has 0 aromatic heterocycles. The van der Waals surface area contributed by atoms with Crippen LogP contribution in [0.15, 0.2) is 18.2 Å². The molecule has 0 radical (unpaired) electrons. The minimum Gasteiger partial charge on any atom is -0.379 e. The van der Waals surface area contributed by atoms with Crippen molar-refractivity contribution >= 4 is 11.4 Å². The van der Waals surface area contributed by atoms with E-state index in [9.17, 15) is 4.39 Å². The van der Waals surface area contributed by atoms with Gasteiger partial charge in [0.1, 0.15) is 5.82 Å². The van der Waals surface area contributed by atoms with Gasteiger partial charge in [0.25, 0.3) is 0 Å². The zero-order valence-corrected chi connectivity index (χ0v) is 9.47. The van der Waals surface area contributed by atoms with Crippen LogP contribution in [-0.4, -0.2) is 18.6 Å². The fraction of sp³-hybridized carbons (Fsp3) is 0.500. The number of nitrogens with zero attached hydrogens (tertiary/aromatic N) is 1. The Balaban J connectivity index is 2.51. The van der Waals surface area contributed by atoms with Gasteiger partial charge in [-0.05, 0) is 32.9 Å². The standard InChI is InChI=1S/C12H17FN2/c1-4-15-10-7-5-6-9(13)11(10)14-8-12(15,2)3/h5-7,14H,4,8H2,1-3H3. The summed E-state index contributed by atoms with van der Waals surface area (Å²) in [4.78, 5) is 2.24. The van der Waals surface area contributed by atoms with Crippen molar-refractivity contribution in [1.29, 1.82) is 0 Å². The van der Waals surface area contributed by atoms with Gasteiger partial charge >= 0.3 is 0 Å². The second-order valence-electron chi connectivity index (χ2n) is 4.54. The number of para-hydroxylation sites is 1. The summed E-state index contributed by atoms with van der Waals surface area (Å²) in [5, 5.41) is 3.17. The molecule has 0 saturated heterocycles. The van der Waals surface area contributed by atoms with Gasteiger partial charge in [0, 0.05) is 13.1 Å². The Morgan fingerprint density at radius 3 is 2.87 bits per heavy atom. The predicted molar refractivity (Wildman–Crippen MR) is 62.0 cm³/mol. The van der Waals surface area contributed by atoms with Crippen LogP contribution < -0.4 is 10.2 Å². The van der Waals surface area contributed by atoms with Crippen molar-refractivity contribution in [2.24, 2.45) is 0 Å². The van der Waals surface area contributed by atoms with Crippen LogP contribution in [0, 0.1) is 5.82 Å². The molecule has 1 N–H and O–H groups in total. The molecule has 2 nitrogen and oxygen atoms in total. The molecule has 1 heterocycles. The van der Waals surface area contributed by atoms with Crippen LogP contribution in [0.1, 0.15) is 20.8 Å². The number of anilines is 2.